The molecule has 1 aromatic carbocycles. The van der Waals surface area contributed by atoms with E-state index in [9.17, 15) is 8.42 Å². The molecule has 102 valence electrons. The number of hydrogen-bond acceptors (Lipinski definition) is 6. The van der Waals surface area contributed by atoms with Crippen molar-refractivity contribution in [3.05, 3.63) is 36.0 Å². The van der Waals surface area contributed by atoms with Gasteiger partial charge in [0, 0.05) is 6.07 Å². The Morgan fingerprint density at radius 1 is 1.42 bits per heavy atom. The summed E-state index contributed by atoms with van der Waals surface area (Å²) in [6, 6.07) is 6.18. The van der Waals surface area contributed by atoms with E-state index in [1.807, 2.05) is 0 Å². The van der Waals surface area contributed by atoms with Crippen molar-refractivity contribution in [3.63, 3.8) is 0 Å². The normalized spacial score (nSPS) is 11.5. The summed E-state index contributed by atoms with van der Waals surface area (Å²) in [4.78, 5) is 4.03. The second kappa shape index (κ2) is 5.37. The van der Waals surface area contributed by atoms with E-state index < -0.39 is 10.0 Å². The molecule has 0 saturated heterocycles. The second-order valence-corrected chi connectivity index (χ2v) is 5.51. The first-order valence-electron chi connectivity index (χ1n) is 5.44. The molecule has 0 aliphatic rings. The van der Waals surface area contributed by atoms with E-state index in [4.69, 9.17) is 9.26 Å². The van der Waals surface area contributed by atoms with Crippen LogP contribution >= 0.6 is 0 Å². The average molecular weight is 283 g/mol. The number of nitrogens with one attached hydrogen (secondary N) is 1. The molecule has 8 heteroatoms. The first-order chi connectivity index (χ1) is 9.01. The van der Waals surface area contributed by atoms with Gasteiger partial charge in [-0.25, -0.2) is 13.1 Å². The van der Waals surface area contributed by atoms with Crippen LogP contribution in [0.1, 0.15) is 11.7 Å². The third-order valence-electron chi connectivity index (χ3n) is 2.33. The minimum Gasteiger partial charge on any atom is -0.497 e. The Morgan fingerprint density at radius 3 is 2.84 bits per heavy atom. The maximum atomic E-state index is 12.0. The Hall–Kier alpha value is -1.93. The van der Waals surface area contributed by atoms with Gasteiger partial charge in [-0.15, -0.1) is 0 Å². The van der Waals surface area contributed by atoms with Gasteiger partial charge in [0.05, 0.1) is 18.6 Å². The van der Waals surface area contributed by atoms with Crippen molar-refractivity contribution in [2.75, 3.05) is 7.11 Å². The van der Waals surface area contributed by atoms with Gasteiger partial charge in [0.15, 0.2) is 5.82 Å². The van der Waals surface area contributed by atoms with Crippen LogP contribution in [0.5, 0.6) is 5.75 Å². The molecule has 2 rings (SSSR count). The number of nitrogens with zero attached hydrogens (tertiary/aromatic N) is 2. The zero-order chi connectivity index (χ0) is 13.9. The zero-order valence-electron chi connectivity index (χ0n) is 10.5. The third-order valence-corrected chi connectivity index (χ3v) is 3.73. The number of sulfonamides is 1. The quantitative estimate of drug-likeness (QED) is 0.874. The average Bonchev–Trinajstić information content (AvgIpc) is 2.82. The Labute approximate surface area is 110 Å². The van der Waals surface area contributed by atoms with Crippen LogP contribution in [0.25, 0.3) is 0 Å². The van der Waals surface area contributed by atoms with E-state index >= 15 is 0 Å². The summed E-state index contributed by atoms with van der Waals surface area (Å²) < 4.78 is 36.2. The highest BCUT2D eigenvalue weighted by Crippen LogP contribution is 2.16. The summed E-state index contributed by atoms with van der Waals surface area (Å²) in [6.45, 7) is 1.60. The summed E-state index contributed by atoms with van der Waals surface area (Å²) in [5.74, 6) is 1.14. The fourth-order valence-corrected chi connectivity index (χ4v) is 2.43. The van der Waals surface area contributed by atoms with Gasteiger partial charge in [0.1, 0.15) is 5.75 Å². The molecule has 0 fully saturated rings. The van der Waals surface area contributed by atoms with Crippen LogP contribution in [0.4, 0.5) is 0 Å². The highest BCUT2D eigenvalue weighted by Gasteiger charge is 2.16. The smallest absolute Gasteiger partial charge is 0.241 e. The molecular formula is C11H13N3O4S. The van der Waals surface area contributed by atoms with Gasteiger partial charge in [0.2, 0.25) is 15.9 Å². The highest BCUT2D eigenvalue weighted by atomic mass is 32.2. The second-order valence-electron chi connectivity index (χ2n) is 3.74. The maximum absolute atomic E-state index is 12.0. The number of aryl methyl sites for hydroxylation is 1. The molecule has 2 aromatic rings. The minimum atomic E-state index is -3.64. The third kappa shape index (κ3) is 3.30. The summed E-state index contributed by atoms with van der Waals surface area (Å²) >= 11 is 0. The molecule has 0 atom stereocenters. The van der Waals surface area contributed by atoms with E-state index in [0.717, 1.165) is 0 Å². The molecule has 0 amide bonds. The van der Waals surface area contributed by atoms with Crippen LogP contribution in [0.15, 0.2) is 33.7 Å². The molecular weight excluding hydrogens is 270 g/mol. The minimum absolute atomic E-state index is 0.0552. The van der Waals surface area contributed by atoms with E-state index in [1.165, 1.54) is 19.2 Å². The molecule has 0 spiro atoms. The molecule has 7 nitrogen and oxygen atoms in total. The number of benzene rings is 1. The lowest BCUT2D eigenvalue weighted by Gasteiger charge is -2.06. The van der Waals surface area contributed by atoms with Crippen LogP contribution < -0.4 is 9.46 Å². The Balaban J connectivity index is 2.13. The molecule has 0 aliphatic carbocycles. The fraction of sp³-hybridized carbons (Fsp3) is 0.273. The van der Waals surface area contributed by atoms with Crippen LogP contribution in [-0.2, 0) is 16.6 Å². The van der Waals surface area contributed by atoms with E-state index in [0.29, 0.717) is 11.6 Å². The molecule has 1 N–H and O–H groups in total. The lowest BCUT2D eigenvalue weighted by atomic mass is 10.3. The van der Waals surface area contributed by atoms with Gasteiger partial charge in [-0.2, -0.15) is 4.98 Å². The molecule has 1 aromatic heterocycles. The maximum Gasteiger partial charge on any atom is 0.241 e. The lowest BCUT2D eigenvalue weighted by Crippen LogP contribution is -2.23. The van der Waals surface area contributed by atoms with Gasteiger partial charge >= 0.3 is 0 Å². The van der Waals surface area contributed by atoms with Crippen molar-refractivity contribution >= 4 is 10.0 Å². The lowest BCUT2D eigenvalue weighted by molar-refractivity contribution is 0.372. The van der Waals surface area contributed by atoms with Crippen molar-refractivity contribution in [1.82, 2.24) is 14.9 Å². The molecule has 0 aliphatic heterocycles. The topological polar surface area (TPSA) is 94.3 Å². The molecule has 0 radical (unpaired) electrons. The zero-order valence-corrected chi connectivity index (χ0v) is 11.3. The Kier molecular flexibility index (Phi) is 3.82. The summed E-state index contributed by atoms with van der Waals surface area (Å²) in [7, 11) is -2.17. The van der Waals surface area contributed by atoms with Crippen LogP contribution in [0.2, 0.25) is 0 Å². The summed E-state index contributed by atoms with van der Waals surface area (Å²) in [5, 5.41) is 3.58. The number of hydrogen-bond donors (Lipinski definition) is 1. The van der Waals surface area contributed by atoms with Crippen LogP contribution in [0.3, 0.4) is 0 Å². The van der Waals surface area contributed by atoms with Gasteiger partial charge in [0.25, 0.3) is 0 Å². The predicted octanol–water partition coefficient (Wildman–Crippen LogP) is 0.865. The largest absolute Gasteiger partial charge is 0.497 e. The molecule has 1 heterocycles. The standard InChI is InChI=1S/C11H13N3O4S/c1-8-13-11(18-14-8)7-12-19(15,16)10-5-3-4-9(6-10)17-2/h3-6,12H,7H2,1-2H3. The van der Waals surface area contributed by atoms with Crippen molar-refractivity contribution in [2.24, 2.45) is 0 Å². The van der Waals surface area contributed by atoms with Crippen molar-refractivity contribution in [3.8, 4) is 5.75 Å². The number of ether oxygens (including phenoxy) is 1. The summed E-state index contributed by atoms with van der Waals surface area (Å²) in [6.07, 6.45) is 0. The van der Waals surface area contributed by atoms with Gasteiger partial charge in [-0.1, -0.05) is 11.2 Å². The van der Waals surface area contributed by atoms with E-state index in [1.54, 1.807) is 19.1 Å². The first kappa shape index (κ1) is 13.5. The van der Waals surface area contributed by atoms with E-state index in [2.05, 4.69) is 14.9 Å². The first-order valence-corrected chi connectivity index (χ1v) is 6.92. The van der Waals surface area contributed by atoms with Crippen LogP contribution in [0, 0.1) is 6.92 Å². The SMILES string of the molecule is COc1cccc(S(=O)(=O)NCc2nc(C)no2)c1. The molecule has 0 unspecified atom stereocenters. The highest BCUT2D eigenvalue weighted by molar-refractivity contribution is 7.89. The monoisotopic (exact) mass is 283 g/mol. The van der Waals surface area contributed by atoms with Crippen molar-refractivity contribution in [1.29, 1.82) is 0 Å². The van der Waals surface area contributed by atoms with Gasteiger partial charge < -0.3 is 9.26 Å². The summed E-state index contributed by atoms with van der Waals surface area (Å²) in [5.41, 5.74) is 0. The number of methoxy groups -OCH3 is 1. The van der Waals surface area contributed by atoms with Crippen molar-refractivity contribution in [2.45, 2.75) is 18.4 Å². The predicted molar refractivity (Wildman–Crippen MR) is 66.1 cm³/mol. The van der Waals surface area contributed by atoms with E-state index in [-0.39, 0.29) is 17.3 Å². The fourth-order valence-electron chi connectivity index (χ4n) is 1.42. The number of aromatic nitrogens is 2. The Bertz CT molecular complexity index is 666. The molecule has 19 heavy (non-hydrogen) atoms. The molecule has 0 saturated carbocycles. The molecule has 0 bridgehead atoms. The van der Waals surface area contributed by atoms with Gasteiger partial charge in [-0.05, 0) is 19.1 Å². The Morgan fingerprint density at radius 2 is 2.21 bits per heavy atom. The number of rotatable bonds is 5. The van der Waals surface area contributed by atoms with Gasteiger partial charge in [-0.3, -0.25) is 0 Å². The van der Waals surface area contributed by atoms with Crippen molar-refractivity contribution < 1.29 is 17.7 Å². The van der Waals surface area contributed by atoms with Crippen LogP contribution in [-0.4, -0.2) is 25.7 Å².